The number of anilines is 3. The van der Waals surface area contributed by atoms with Crippen LogP contribution in [0, 0.1) is 0 Å². The van der Waals surface area contributed by atoms with Crippen molar-refractivity contribution in [1.29, 1.82) is 0 Å². The van der Waals surface area contributed by atoms with Gasteiger partial charge in [-0.05, 0) is 54.9 Å². The van der Waals surface area contributed by atoms with Crippen molar-refractivity contribution in [1.82, 2.24) is 9.97 Å². The van der Waals surface area contributed by atoms with Crippen LogP contribution in [0.2, 0.25) is 0 Å². The van der Waals surface area contributed by atoms with Gasteiger partial charge in [-0.25, -0.2) is 0 Å². The number of carbonyl (C=O) groups is 1. The highest BCUT2D eigenvalue weighted by Crippen LogP contribution is 2.40. The molecule has 9 nitrogen and oxygen atoms in total. The van der Waals surface area contributed by atoms with Crippen molar-refractivity contribution >= 4 is 35.9 Å². The number of benzene rings is 2. The van der Waals surface area contributed by atoms with Crippen LogP contribution in [0.3, 0.4) is 0 Å². The van der Waals surface area contributed by atoms with Crippen LogP contribution >= 0.6 is 0 Å². The third-order valence-electron chi connectivity index (χ3n) is 6.31. The fourth-order valence-electron chi connectivity index (χ4n) is 4.69. The number of aromatic nitrogens is 2. The fraction of sp³-hybridized carbons (Fsp3) is 0.292. The van der Waals surface area contributed by atoms with Crippen molar-refractivity contribution in [3.63, 3.8) is 0 Å². The van der Waals surface area contributed by atoms with Crippen LogP contribution in [-0.2, 0) is 19.4 Å². The van der Waals surface area contributed by atoms with Crippen molar-refractivity contribution in [2.24, 2.45) is 5.73 Å². The molecule has 2 aliphatic heterocycles. The predicted octanol–water partition coefficient (Wildman–Crippen LogP) is 1.28. The molecule has 174 valence electrons. The number of fused-ring (bicyclic) bond motifs is 2. The molecule has 0 saturated carbocycles. The molecule has 2 aromatic carbocycles. The summed E-state index contributed by atoms with van der Waals surface area (Å²) in [6.45, 7) is 3.10. The van der Waals surface area contributed by atoms with Gasteiger partial charge in [0.15, 0.2) is 0 Å². The number of primary amides is 1. The van der Waals surface area contributed by atoms with Gasteiger partial charge in [-0.1, -0.05) is 30.3 Å². The zero-order valence-electron chi connectivity index (χ0n) is 18.9. The first-order valence-corrected chi connectivity index (χ1v) is 11.4. The van der Waals surface area contributed by atoms with Gasteiger partial charge in [0.1, 0.15) is 5.82 Å². The molecule has 1 amide bonds. The second kappa shape index (κ2) is 8.96. The van der Waals surface area contributed by atoms with Crippen LogP contribution in [0.1, 0.15) is 40.4 Å². The van der Waals surface area contributed by atoms with E-state index in [0.717, 1.165) is 35.2 Å². The van der Waals surface area contributed by atoms with E-state index in [4.69, 9.17) is 20.4 Å². The normalized spacial score (nSPS) is 16.4. The van der Waals surface area contributed by atoms with Gasteiger partial charge >= 0.3 is 7.12 Å². The van der Waals surface area contributed by atoms with Crippen molar-refractivity contribution in [2.45, 2.75) is 38.8 Å². The molecule has 10 heteroatoms. The molecule has 5 rings (SSSR count). The Balaban J connectivity index is 1.51. The fourth-order valence-corrected chi connectivity index (χ4v) is 4.69. The van der Waals surface area contributed by atoms with Gasteiger partial charge in [-0.2, -0.15) is 9.97 Å². The highest BCUT2D eigenvalue weighted by molar-refractivity contribution is 6.58. The van der Waals surface area contributed by atoms with Crippen molar-refractivity contribution < 1.29 is 19.6 Å². The summed E-state index contributed by atoms with van der Waals surface area (Å²) >= 11 is 0. The van der Waals surface area contributed by atoms with E-state index in [1.807, 2.05) is 23.1 Å². The van der Waals surface area contributed by atoms with E-state index in [1.165, 1.54) is 0 Å². The Morgan fingerprint density at radius 3 is 2.85 bits per heavy atom. The number of carbonyl (C=O) groups excluding carboxylic acids is 1. The standard InChI is InChI=1S/C24H26BN5O4/c1-14-11-19-17(21(26)31)7-3-9-20(19)30(14)24-28-22(18-8-4-10-34-23(18)29-24)27-13-15-5-2-6-16(12-15)25(32)33/h2-3,5-7,9,12,14,32-33H,4,8,10-11,13H2,1H3,(H2,26,31)(H,27,28,29). The number of nitrogens with one attached hydrogen (secondary N) is 1. The van der Waals surface area contributed by atoms with Crippen molar-refractivity contribution in [3.05, 3.63) is 64.7 Å². The van der Waals surface area contributed by atoms with E-state index in [-0.39, 0.29) is 6.04 Å². The molecule has 1 unspecified atom stereocenters. The minimum atomic E-state index is -1.52. The summed E-state index contributed by atoms with van der Waals surface area (Å²) in [5, 5.41) is 22.3. The monoisotopic (exact) mass is 459 g/mol. The molecule has 2 aliphatic rings. The lowest BCUT2D eigenvalue weighted by Gasteiger charge is -2.26. The number of nitrogens with zero attached hydrogens (tertiary/aromatic N) is 3. The summed E-state index contributed by atoms with van der Waals surface area (Å²) in [6.07, 6.45) is 2.33. The first-order valence-electron chi connectivity index (χ1n) is 11.4. The van der Waals surface area contributed by atoms with E-state index in [2.05, 4.69) is 12.2 Å². The third kappa shape index (κ3) is 4.06. The molecule has 0 fully saturated rings. The predicted molar refractivity (Wildman–Crippen MR) is 130 cm³/mol. The summed E-state index contributed by atoms with van der Waals surface area (Å²) in [7, 11) is -1.52. The summed E-state index contributed by atoms with van der Waals surface area (Å²) < 4.78 is 5.89. The number of amides is 1. The van der Waals surface area contributed by atoms with Gasteiger partial charge in [0.05, 0.1) is 12.2 Å². The van der Waals surface area contributed by atoms with Crippen LogP contribution in [-0.4, -0.2) is 45.7 Å². The van der Waals surface area contributed by atoms with Crippen LogP contribution in [0.5, 0.6) is 5.88 Å². The Morgan fingerprint density at radius 2 is 2.06 bits per heavy atom. The number of rotatable bonds is 6. The second-order valence-electron chi connectivity index (χ2n) is 8.67. The smallest absolute Gasteiger partial charge is 0.477 e. The molecule has 1 atom stereocenters. The number of hydrogen-bond donors (Lipinski definition) is 4. The highest BCUT2D eigenvalue weighted by Gasteiger charge is 2.33. The Hall–Kier alpha value is -3.63. The van der Waals surface area contributed by atoms with E-state index >= 15 is 0 Å². The molecule has 1 aromatic heterocycles. The molecule has 3 heterocycles. The largest absolute Gasteiger partial charge is 0.488 e. The van der Waals surface area contributed by atoms with Gasteiger partial charge in [-0.3, -0.25) is 4.79 Å². The minimum Gasteiger partial charge on any atom is -0.477 e. The van der Waals surface area contributed by atoms with E-state index in [9.17, 15) is 14.8 Å². The first kappa shape index (κ1) is 22.2. The van der Waals surface area contributed by atoms with Crippen LogP contribution in [0.15, 0.2) is 42.5 Å². The molecule has 34 heavy (non-hydrogen) atoms. The highest BCUT2D eigenvalue weighted by atomic mass is 16.5. The lowest BCUT2D eigenvalue weighted by Crippen LogP contribution is -2.30. The van der Waals surface area contributed by atoms with Gasteiger partial charge in [0, 0.05) is 23.8 Å². The maximum absolute atomic E-state index is 12.0. The Bertz CT molecular complexity index is 1250. The van der Waals surface area contributed by atoms with Crippen LogP contribution in [0.25, 0.3) is 0 Å². The quantitative estimate of drug-likeness (QED) is 0.405. The molecular formula is C24H26BN5O4. The molecule has 0 bridgehead atoms. The molecule has 3 aromatic rings. The number of hydrogen-bond acceptors (Lipinski definition) is 8. The Morgan fingerprint density at radius 1 is 1.24 bits per heavy atom. The van der Waals surface area contributed by atoms with Gasteiger partial charge in [0.2, 0.25) is 17.7 Å². The molecule has 0 radical (unpaired) electrons. The molecule has 0 spiro atoms. The lowest BCUT2D eigenvalue weighted by molar-refractivity contribution is 0.0999. The summed E-state index contributed by atoms with van der Waals surface area (Å²) in [5.41, 5.74) is 10.1. The summed E-state index contributed by atoms with van der Waals surface area (Å²) in [4.78, 5) is 23.6. The average molecular weight is 459 g/mol. The lowest BCUT2D eigenvalue weighted by atomic mass is 9.79. The zero-order chi connectivity index (χ0) is 23.8. The second-order valence-corrected chi connectivity index (χ2v) is 8.67. The summed E-state index contributed by atoms with van der Waals surface area (Å²) in [6, 6.07) is 12.7. The average Bonchev–Trinajstić information content (AvgIpc) is 3.18. The minimum absolute atomic E-state index is 0.0349. The van der Waals surface area contributed by atoms with Gasteiger partial charge in [-0.15, -0.1) is 0 Å². The molecule has 0 aliphatic carbocycles. The van der Waals surface area contributed by atoms with Gasteiger partial charge < -0.3 is 30.7 Å². The summed E-state index contributed by atoms with van der Waals surface area (Å²) in [5.74, 6) is 1.29. The van der Waals surface area contributed by atoms with E-state index < -0.39 is 13.0 Å². The number of nitrogens with two attached hydrogens (primary N) is 1. The maximum Gasteiger partial charge on any atom is 0.488 e. The van der Waals surface area contributed by atoms with Crippen molar-refractivity contribution in [3.8, 4) is 5.88 Å². The van der Waals surface area contributed by atoms with Gasteiger partial charge in [0.25, 0.3) is 0 Å². The topological polar surface area (TPSA) is 134 Å². The maximum atomic E-state index is 12.0. The van der Waals surface area contributed by atoms with E-state index in [0.29, 0.717) is 48.2 Å². The molecule has 5 N–H and O–H groups in total. The van der Waals surface area contributed by atoms with E-state index in [1.54, 1.807) is 24.3 Å². The third-order valence-corrected chi connectivity index (χ3v) is 6.31. The number of ether oxygens (including phenoxy) is 1. The van der Waals surface area contributed by atoms with Crippen LogP contribution < -0.4 is 26.2 Å². The molecular weight excluding hydrogens is 433 g/mol. The Labute approximate surface area is 197 Å². The van der Waals surface area contributed by atoms with Crippen LogP contribution in [0.4, 0.5) is 17.5 Å². The van der Waals surface area contributed by atoms with Crippen molar-refractivity contribution in [2.75, 3.05) is 16.8 Å². The first-order chi connectivity index (χ1) is 16.4. The zero-order valence-corrected chi connectivity index (χ0v) is 18.9. The SMILES string of the molecule is CC1Cc2c(C(N)=O)cccc2N1c1nc(NCc2cccc(B(O)O)c2)c2c(n1)OCCC2. The Kier molecular flexibility index (Phi) is 5.85. The molecule has 0 saturated heterocycles.